The number of nitrogens with zero attached hydrogens (tertiary/aromatic N) is 1. The molecule has 0 aromatic rings. The Labute approximate surface area is 379 Å². The van der Waals surface area contributed by atoms with E-state index in [2.05, 4.69) is 111 Å². The second-order valence-corrected chi connectivity index (χ2v) is 17.0. The van der Waals surface area contributed by atoms with Gasteiger partial charge >= 0.3 is 11.9 Å². The number of rotatable bonds is 42. The van der Waals surface area contributed by atoms with Crippen LogP contribution in [0.1, 0.15) is 174 Å². The molecule has 0 saturated heterocycles. The third kappa shape index (κ3) is 41.6. The summed E-state index contributed by atoms with van der Waals surface area (Å²) in [5.41, 5.74) is 0. The van der Waals surface area contributed by atoms with Gasteiger partial charge in [0.15, 0.2) is 6.10 Å². The van der Waals surface area contributed by atoms with E-state index in [1.807, 2.05) is 0 Å². The number of carboxylic acid groups (broad SMARTS) is 1. The smallest absolute Gasteiger partial charge is 0.306 e. The summed E-state index contributed by atoms with van der Waals surface area (Å²) in [4.78, 5) is 36.9. The fraction of sp³-hybridized carbons (Fsp3) is 0.648. The minimum atomic E-state index is -1.14. The molecule has 0 rings (SSSR count). The summed E-state index contributed by atoms with van der Waals surface area (Å²) >= 11 is 0. The number of quaternary nitrogens is 1. The van der Waals surface area contributed by atoms with Crippen LogP contribution >= 0.6 is 0 Å². The second-order valence-electron chi connectivity index (χ2n) is 17.0. The van der Waals surface area contributed by atoms with E-state index in [1.54, 1.807) is 21.1 Å². The third-order valence-corrected chi connectivity index (χ3v) is 10.2. The van der Waals surface area contributed by atoms with E-state index in [-0.39, 0.29) is 49.1 Å². The van der Waals surface area contributed by atoms with Gasteiger partial charge in [0.25, 0.3) is 0 Å². The first-order valence-electron chi connectivity index (χ1n) is 24.3. The van der Waals surface area contributed by atoms with E-state index in [0.29, 0.717) is 12.8 Å². The molecule has 0 N–H and O–H groups in total. The summed E-state index contributed by atoms with van der Waals surface area (Å²) in [5.74, 6) is -1.84. The number of hydrogen-bond donors (Lipinski definition) is 0. The van der Waals surface area contributed by atoms with Gasteiger partial charge in [0.2, 0.25) is 0 Å². The topological polar surface area (TPSA) is 102 Å². The molecule has 0 aliphatic rings. The number of carbonyl (C=O) groups is 3. The van der Waals surface area contributed by atoms with Crippen LogP contribution in [0.25, 0.3) is 0 Å². The van der Waals surface area contributed by atoms with Gasteiger partial charge in [0, 0.05) is 19.3 Å². The summed E-state index contributed by atoms with van der Waals surface area (Å²) in [5, 5.41) is 11.6. The largest absolute Gasteiger partial charge is 0.544 e. The Hall–Kier alpha value is -3.75. The lowest BCUT2D eigenvalue weighted by molar-refractivity contribution is -0.889. The average molecular weight is 864 g/mol. The maximum absolute atomic E-state index is 12.7. The number of carboxylic acids is 1. The molecular weight excluding hydrogens is 775 g/mol. The first kappa shape index (κ1) is 58.2. The van der Waals surface area contributed by atoms with Crippen LogP contribution in [0.3, 0.4) is 0 Å². The SMILES string of the molecule is CCCCC/C=C/C/C=C/C/C=C/C/C=C/CCCCCCCC(=O)OCC(COCCC(C(=O)[O-])[N+](C)(C)C)OC(=O)CCC/C=C/C/C=C/C/C=C/C/C=C/CCCCC. The number of allylic oxidation sites excluding steroid dienone is 16. The number of esters is 2. The molecule has 352 valence electrons. The highest BCUT2D eigenvalue weighted by Crippen LogP contribution is 2.12. The lowest BCUT2D eigenvalue weighted by atomic mass is 10.1. The fourth-order valence-corrected chi connectivity index (χ4v) is 6.40. The molecule has 2 unspecified atom stereocenters. The molecular formula is C54H89NO7. The van der Waals surface area contributed by atoms with Crippen LogP contribution in [-0.4, -0.2) is 75.5 Å². The Kier molecular flexibility index (Phi) is 41.2. The molecule has 0 amide bonds. The van der Waals surface area contributed by atoms with Crippen molar-refractivity contribution in [2.45, 2.75) is 187 Å². The zero-order valence-electron chi connectivity index (χ0n) is 40.0. The molecule has 8 heteroatoms. The molecule has 0 saturated carbocycles. The van der Waals surface area contributed by atoms with Crippen molar-refractivity contribution in [2.24, 2.45) is 0 Å². The van der Waals surface area contributed by atoms with E-state index in [4.69, 9.17) is 14.2 Å². The molecule has 0 aliphatic heterocycles. The molecule has 8 nitrogen and oxygen atoms in total. The van der Waals surface area contributed by atoms with Gasteiger partial charge in [0.05, 0.1) is 40.3 Å². The van der Waals surface area contributed by atoms with Crippen molar-refractivity contribution in [2.75, 3.05) is 41.0 Å². The van der Waals surface area contributed by atoms with Crippen LogP contribution in [0, 0.1) is 0 Å². The molecule has 0 spiro atoms. The lowest BCUT2D eigenvalue weighted by Gasteiger charge is -2.34. The van der Waals surface area contributed by atoms with E-state index in [9.17, 15) is 19.5 Å². The van der Waals surface area contributed by atoms with Crippen molar-refractivity contribution in [3.05, 3.63) is 97.2 Å². The van der Waals surface area contributed by atoms with Gasteiger partial charge in [-0.15, -0.1) is 0 Å². The van der Waals surface area contributed by atoms with Crippen molar-refractivity contribution in [1.82, 2.24) is 0 Å². The van der Waals surface area contributed by atoms with Crippen LogP contribution in [0.5, 0.6) is 0 Å². The highest BCUT2D eigenvalue weighted by Gasteiger charge is 2.25. The molecule has 2 atom stereocenters. The molecule has 0 bridgehead atoms. The summed E-state index contributed by atoms with van der Waals surface area (Å²) < 4.78 is 17.1. The predicted molar refractivity (Wildman–Crippen MR) is 258 cm³/mol. The number of ether oxygens (including phenoxy) is 3. The maximum atomic E-state index is 12.7. The Morgan fingerprint density at radius 3 is 1.31 bits per heavy atom. The summed E-state index contributed by atoms with van der Waals surface area (Å²) in [6.45, 7) is 4.51. The van der Waals surface area contributed by atoms with Gasteiger partial charge in [-0.2, -0.15) is 0 Å². The normalized spacial score (nSPS) is 13.8. The predicted octanol–water partition coefficient (Wildman–Crippen LogP) is 12.5. The molecule has 0 aromatic heterocycles. The lowest BCUT2D eigenvalue weighted by Crippen LogP contribution is -2.55. The minimum Gasteiger partial charge on any atom is -0.544 e. The van der Waals surface area contributed by atoms with Crippen LogP contribution in [0.2, 0.25) is 0 Å². The van der Waals surface area contributed by atoms with Crippen LogP contribution in [-0.2, 0) is 28.6 Å². The Morgan fingerprint density at radius 1 is 0.484 bits per heavy atom. The zero-order chi connectivity index (χ0) is 45.6. The Morgan fingerprint density at radius 2 is 0.871 bits per heavy atom. The fourth-order valence-electron chi connectivity index (χ4n) is 6.40. The quantitative estimate of drug-likeness (QED) is 0.0261. The molecule has 0 heterocycles. The van der Waals surface area contributed by atoms with Crippen LogP contribution in [0.15, 0.2) is 97.2 Å². The first-order chi connectivity index (χ1) is 30.1. The number of likely N-dealkylation sites (N-methyl/N-ethyl adjacent to an activating group) is 1. The highest BCUT2D eigenvalue weighted by molar-refractivity contribution is 5.70. The van der Waals surface area contributed by atoms with Crippen molar-refractivity contribution in [1.29, 1.82) is 0 Å². The van der Waals surface area contributed by atoms with Gasteiger partial charge in [-0.1, -0.05) is 156 Å². The highest BCUT2D eigenvalue weighted by atomic mass is 16.6. The monoisotopic (exact) mass is 864 g/mol. The van der Waals surface area contributed by atoms with Crippen LogP contribution in [0.4, 0.5) is 0 Å². The minimum absolute atomic E-state index is 0.00649. The summed E-state index contributed by atoms with van der Waals surface area (Å²) in [6, 6.07) is -0.745. The number of carbonyl (C=O) groups excluding carboxylic acids is 3. The van der Waals surface area contributed by atoms with Gasteiger partial charge in [-0.05, 0) is 96.3 Å². The van der Waals surface area contributed by atoms with E-state index in [0.717, 1.165) is 83.5 Å². The Bertz CT molecular complexity index is 1330. The molecule has 0 radical (unpaired) electrons. The van der Waals surface area contributed by atoms with Crippen molar-refractivity contribution in [3.8, 4) is 0 Å². The van der Waals surface area contributed by atoms with Crippen LogP contribution < -0.4 is 5.11 Å². The van der Waals surface area contributed by atoms with E-state index >= 15 is 0 Å². The molecule has 0 aromatic carbocycles. The van der Waals surface area contributed by atoms with E-state index < -0.39 is 18.1 Å². The number of unbranched alkanes of at least 4 members (excludes halogenated alkanes) is 12. The first-order valence-corrected chi connectivity index (χ1v) is 24.3. The van der Waals surface area contributed by atoms with Crippen molar-refractivity contribution < 1.29 is 38.2 Å². The van der Waals surface area contributed by atoms with Gasteiger partial charge in [-0.25, -0.2) is 0 Å². The van der Waals surface area contributed by atoms with Gasteiger partial charge in [-0.3, -0.25) is 9.59 Å². The molecule has 0 fully saturated rings. The van der Waals surface area contributed by atoms with Crippen molar-refractivity contribution in [3.63, 3.8) is 0 Å². The molecule has 62 heavy (non-hydrogen) atoms. The average Bonchev–Trinajstić information content (AvgIpc) is 3.23. The van der Waals surface area contributed by atoms with E-state index in [1.165, 1.54) is 51.4 Å². The van der Waals surface area contributed by atoms with Gasteiger partial charge < -0.3 is 28.6 Å². The van der Waals surface area contributed by atoms with Crippen molar-refractivity contribution >= 4 is 17.9 Å². The second kappa shape index (κ2) is 43.9. The third-order valence-electron chi connectivity index (χ3n) is 10.2. The Balaban J connectivity index is 4.43. The number of hydrogen-bond acceptors (Lipinski definition) is 7. The summed E-state index contributed by atoms with van der Waals surface area (Å²) in [7, 11) is 5.38. The summed E-state index contributed by atoms with van der Waals surface area (Å²) in [6.07, 6.45) is 58.7. The zero-order valence-corrected chi connectivity index (χ0v) is 40.0. The standard InChI is InChI=1S/C54H89NO7/c1-6-8-10-12-14-16-18-20-22-24-25-26-27-29-30-32-34-36-38-40-42-44-52(56)61-49-50(48-60-47-46-51(54(58)59)55(3,4)5)62-53(57)45-43-41-39-37-35-33-31-28-23-21-19-17-15-13-11-9-7-2/h14-17,20-23,25-26,29-31,33,37,39,50-51H,6-13,18-19,24,27-28,32,34-36,38,40-49H2,1-5H3/b16-14+,17-15+,22-20+,23-21+,26-25+,30-29+,33-31+,39-37+. The maximum Gasteiger partial charge on any atom is 0.306 e. The molecule has 0 aliphatic carbocycles. The van der Waals surface area contributed by atoms with Gasteiger partial charge in [0.1, 0.15) is 12.6 Å². The number of aliphatic carboxylic acids is 1.